The Labute approximate surface area is 215 Å². The largest absolute Gasteiger partial charge is 0.497 e. The van der Waals surface area contributed by atoms with Crippen LogP contribution in [0.15, 0.2) is 60.7 Å². The van der Waals surface area contributed by atoms with Crippen LogP contribution in [0.5, 0.6) is 5.75 Å². The van der Waals surface area contributed by atoms with E-state index in [1.54, 1.807) is 13.2 Å². The molecule has 1 N–H and O–H groups in total. The number of ketones is 1. The molecule has 5 nitrogen and oxygen atoms in total. The molecular weight excluding hydrogens is 446 g/mol. The molecule has 4 rings (SSSR count). The van der Waals surface area contributed by atoms with Crippen LogP contribution in [-0.2, 0) is 6.54 Å². The van der Waals surface area contributed by atoms with Gasteiger partial charge in [0.15, 0.2) is 5.78 Å². The maximum absolute atomic E-state index is 13.4. The molecule has 1 saturated heterocycles. The van der Waals surface area contributed by atoms with E-state index < -0.39 is 0 Å². The van der Waals surface area contributed by atoms with Crippen LogP contribution in [0.2, 0.25) is 0 Å². The first-order chi connectivity index (χ1) is 17.3. The van der Waals surface area contributed by atoms with Crippen molar-refractivity contribution in [2.24, 2.45) is 0 Å². The molecule has 188 valence electrons. The highest BCUT2D eigenvalue weighted by atomic mass is 16.5. The Morgan fingerprint density at radius 3 is 2.36 bits per heavy atom. The van der Waals surface area contributed by atoms with Gasteiger partial charge in [-0.1, -0.05) is 35.4 Å². The Morgan fingerprint density at radius 1 is 0.972 bits per heavy atom. The Balaban J connectivity index is 1.72. The Kier molecular flexibility index (Phi) is 8.24. The van der Waals surface area contributed by atoms with E-state index in [2.05, 4.69) is 65.4 Å². The maximum Gasteiger partial charge on any atom is 0.186 e. The second-order valence-electron chi connectivity index (χ2n) is 9.85. The molecule has 0 aromatic heterocycles. The Hall–Kier alpha value is -3.41. The van der Waals surface area contributed by atoms with Gasteiger partial charge >= 0.3 is 0 Å². The molecule has 0 atom stereocenters. The SMILES string of the molecule is COc1ccc(C(=O)/C=C/c2cc(-c3cc(C)cc(C)c3)ccc2N2CCNCC2)c(CN(C)C)c1. The highest BCUT2D eigenvalue weighted by molar-refractivity contribution is 6.08. The van der Waals surface area contributed by atoms with Gasteiger partial charge in [-0.2, -0.15) is 0 Å². The second-order valence-corrected chi connectivity index (χ2v) is 9.85. The van der Waals surface area contributed by atoms with Crippen LogP contribution in [0.25, 0.3) is 17.2 Å². The van der Waals surface area contributed by atoms with E-state index >= 15 is 0 Å². The number of hydrogen-bond donors (Lipinski definition) is 1. The van der Waals surface area contributed by atoms with E-state index in [4.69, 9.17) is 4.74 Å². The van der Waals surface area contributed by atoms with Crippen molar-refractivity contribution >= 4 is 17.5 Å². The van der Waals surface area contributed by atoms with Crippen molar-refractivity contribution in [1.29, 1.82) is 0 Å². The van der Waals surface area contributed by atoms with Gasteiger partial charge in [0.1, 0.15) is 5.75 Å². The number of aryl methyl sites for hydroxylation is 2. The zero-order valence-electron chi connectivity index (χ0n) is 22.1. The van der Waals surface area contributed by atoms with Crippen molar-refractivity contribution in [2.45, 2.75) is 20.4 Å². The third-order valence-electron chi connectivity index (χ3n) is 6.52. The topological polar surface area (TPSA) is 44.8 Å². The summed E-state index contributed by atoms with van der Waals surface area (Å²) in [7, 11) is 5.65. The number of ether oxygens (including phenoxy) is 1. The van der Waals surface area contributed by atoms with Gasteiger partial charge in [0.2, 0.25) is 0 Å². The number of carbonyl (C=O) groups is 1. The molecule has 0 spiro atoms. The van der Waals surface area contributed by atoms with E-state index in [1.165, 1.54) is 16.7 Å². The van der Waals surface area contributed by atoms with Gasteiger partial charge in [0, 0.05) is 44.0 Å². The first-order valence-corrected chi connectivity index (χ1v) is 12.6. The molecule has 0 unspecified atom stereocenters. The Bertz CT molecular complexity index is 1240. The second kappa shape index (κ2) is 11.5. The lowest BCUT2D eigenvalue weighted by Crippen LogP contribution is -2.43. The van der Waals surface area contributed by atoms with Gasteiger partial charge in [0.25, 0.3) is 0 Å². The van der Waals surface area contributed by atoms with Gasteiger partial charge in [-0.25, -0.2) is 0 Å². The number of anilines is 1. The lowest BCUT2D eigenvalue weighted by molar-refractivity contribution is 0.104. The molecule has 1 heterocycles. The minimum atomic E-state index is -0.00225. The molecule has 1 aliphatic rings. The quantitative estimate of drug-likeness (QED) is 0.346. The van der Waals surface area contributed by atoms with Crippen LogP contribution in [0.3, 0.4) is 0 Å². The van der Waals surface area contributed by atoms with Gasteiger partial charge < -0.3 is 19.9 Å². The molecule has 0 aliphatic carbocycles. The van der Waals surface area contributed by atoms with Crippen LogP contribution < -0.4 is 15.0 Å². The summed E-state index contributed by atoms with van der Waals surface area (Å²) < 4.78 is 5.40. The van der Waals surface area contributed by atoms with Crippen LogP contribution in [0.4, 0.5) is 5.69 Å². The Morgan fingerprint density at radius 2 is 1.69 bits per heavy atom. The summed E-state index contributed by atoms with van der Waals surface area (Å²) in [5.41, 5.74) is 8.73. The molecular formula is C31H37N3O2. The highest BCUT2D eigenvalue weighted by Crippen LogP contribution is 2.30. The van der Waals surface area contributed by atoms with Gasteiger partial charge in [-0.05, 0) is 92.7 Å². The van der Waals surface area contributed by atoms with Crippen LogP contribution >= 0.6 is 0 Å². The van der Waals surface area contributed by atoms with Crippen molar-refractivity contribution in [1.82, 2.24) is 10.2 Å². The summed E-state index contributed by atoms with van der Waals surface area (Å²) in [6.07, 6.45) is 3.70. The summed E-state index contributed by atoms with van der Waals surface area (Å²) in [5.74, 6) is 0.757. The minimum Gasteiger partial charge on any atom is -0.497 e. The average molecular weight is 484 g/mol. The van der Waals surface area contributed by atoms with E-state index in [0.29, 0.717) is 12.1 Å². The first-order valence-electron chi connectivity index (χ1n) is 12.6. The lowest BCUT2D eigenvalue weighted by Gasteiger charge is -2.31. The third-order valence-corrected chi connectivity index (χ3v) is 6.52. The molecule has 1 fully saturated rings. The smallest absolute Gasteiger partial charge is 0.186 e. The van der Waals surface area contributed by atoms with Crippen LogP contribution in [0, 0.1) is 13.8 Å². The summed E-state index contributed by atoms with van der Waals surface area (Å²) in [6.45, 7) is 8.74. The van der Waals surface area contributed by atoms with Crippen molar-refractivity contribution in [3.63, 3.8) is 0 Å². The molecule has 0 bridgehead atoms. The molecule has 0 radical (unpaired) electrons. The highest BCUT2D eigenvalue weighted by Gasteiger charge is 2.16. The maximum atomic E-state index is 13.4. The van der Waals surface area contributed by atoms with Crippen molar-refractivity contribution in [2.75, 3.05) is 52.3 Å². The lowest BCUT2D eigenvalue weighted by atomic mass is 9.97. The normalized spacial score (nSPS) is 14.0. The van der Waals surface area contributed by atoms with E-state index in [9.17, 15) is 4.79 Å². The summed E-state index contributed by atoms with van der Waals surface area (Å²) in [6, 6.07) is 18.9. The third kappa shape index (κ3) is 6.23. The number of allylic oxidation sites excluding steroid dienone is 1. The number of nitrogens with zero attached hydrogens (tertiary/aromatic N) is 2. The number of piperazine rings is 1. The molecule has 36 heavy (non-hydrogen) atoms. The predicted octanol–water partition coefficient (Wildman–Crippen LogP) is 5.35. The van der Waals surface area contributed by atoms with Gasteiger partial charge in [-0.3, -0.25) is 4.79 Å². The molecule has 3 aromatic rings. The first kappa shape index (κ1) is 25.7. The van der Waals surface area contributed by atoms with Crippen molar-refractivity contribution in [3.8, 4) is 16.9 Å². The number of carbonyl (C=O) groups excluding carboxylic acids is 1. The number of rotatable bonds is 8. The number of nitrogens with one attached hydrogen (secondary N) is 1. The fourth-order valence-electron chi connectivity index (χ4n) is 4.87. The molecule has 1 aliphatic heterocycles. The van der Waals surface area contributed by atoms with Crippen LogP contribution in [-0.4, -0.2) is 58.1 Å². The van der Waals surface area contributed by atoms with E-state index in [1.807, 2.05) is 38.4 Å². The summed E-state index contributed by atoms with van der Waals surface area (Å²) >= 11 is 0. The zero-order chi connectivity index (χ0) is 25.7. The fraction of sp³-hybridized carbons (Fsp3) is 0.323. The van der Waals surface area contributed by atoms with Gasteiger partial charge in [-0.15, -0.1) is 0 Å². The minimum absolute atomic E-state index is 0.00225. The zero-order valence-corrected chi connectivity index (χ0v) is 22.1. The number of hydrogen-bond acceptors (Lipinski definition) is 5. The fourth-order valence-corrected chi connectivity index (χ4v) is 4.87. The predicted molar refractivity (Wildman–Crippen MR) is 150 cm³/mol. The van der Waals surface area contributed by atoms with E-state index in [0.717, 1.165) is 54.3 Å². The average Bonchev–Trinajstić information content (AvgIpc) is 2.86. The van der Waals surface area contributed by atoms with Crippen molar-refractivity contribution < 1.29 is 9.53 Å². The number of methoxy groups -OCH3 is 1. The summed E-state index contributed by atoms with van der Waals surface area (Å²) in [4.78, 5) is 17.8. The van der Waals surface area contributed by atoms with E-state index in [-0.39, 0.29) is 5.78 Å². The molecule has 0 amide bonds. The monoisotopic (exact) mass is 483 g/mol. The van der Waals surface area contributed by atoms with Gasteiger partial charge in [0.05, 0.1) is 7.11 Å². The number of benzene rings is 3. The summed E-state index contributed by atoms with van der Waals surface area (Å²) in [5, 5.41) is 3.43. The standard InChI is InChI=1S/C31H37N3O2/c1-22-16-23(2)18-26(17-22)24-6-10-30(34-14-12-32-13-15-34)25(19-24)7-11-31(35)29-9-8-28(36-5)20-27(29)21-33(3)4/h6-11,16-20,32H,12-15,21H2,1-5H3/b11-7+. The van der Waals surface area contributed by atoms with Crippen molar-refractivity contribution in [3.05, 3.63) is 88.5 Å². The molecule has 3 aromatic carbocycles. The van der Waals surface area contributed by atoms with Crippen LogP contribution in [0.1, 0.15) is 32.6 Å². The molecule has 5 heteroatoms. The molecule has 0 saturated carbocycles.